The van der Waals surface area contributed by atoms with E-state index in [4.69, 9.17) is 0 Å². The van der Waals surface area contributed by atoms with Gasteiger partial charge < -0.3 is 5.11 Å². The molecule has 0 aliphatic rings. The van der Waals surface area contributed by atoms with Crippen LogP contribution in [0.2, 0.25) is 0 Å². The zero-order valence-electron chi connectivity index (χ0n) is 10.9. The Morgan fingerprint density at radius 2 is 1.60 bits per heavy atom. The first-order valence-electron chi connectivity index (χ1n) is 6.05. The number of aliphatic carboxylic acids is 1. The summed E-state index contributed by atoms with van der Waals surface area (Å²) >= 11 is 0. The first-order chi connectivity index (χ1) is 6.81. The molecule has 0 saturated heterocycles. The second kappa shape index (κ2) is 5.53. The van der Waals surface area contributed by atoms with Crippen LogP contribution in [0.1, 0.15) is 66.7 Å². The molecule has 2 nitrogen and oxygen atoms in total. The van der Waals surface area contributed by atoms with Gasteiger partial charge >= 0.3 is 5.97 Å². The number of rotatable bonds is 7. The molecule has 0 fully saturated rings. The van der Waals surface area contributed by atoms with Gasteiger partial charge in [-0.3, -0.25) is 4.79 Å². The van der Waals surface area contributed by atoms with Crippen LogP contribution in [-0.4, -0.2) is 11.1 Å². The van der Waals surface area contributed by atoms with Gasteiger partial charge in [-0.15, -0.1) is 0 Å². The summed E-state index contributed by atoms with van der Waals surface area (Å²) in [6.45, 7) is 10.3. The Kier molecular flexibility index (Phi) is 5.33. The number of hydrogen-bond donors (Lipinski definition) is 1. The molecule has 0 aliphatic heterocycles. The first-order valence-corrected chi connectivity index (χ1v) is 6.05. The van der Waals surface area contributed by atoms with Gasteiger partial charge in [-0.2, -0.15) is 0 Å². The highest BCUT2D eigenvalue weighted by Crippen LogP contribution is 2.46. The molecule has 0 aliphatic carbocycles. The molecule has 0 spiro atoms. The van der Waals surface area contributed by atoms with Crippen molar-refractivity contribution < 1.29 is 9.90 Å². The zero-order valence-corrected chi connectivity index (χ0v) is 10.9. The molecule has 0 saturated carbocycles. The molecule has 0 amide bonds. The summed E-state index contributed by atoms with van der Waals surface area (Å²) in [5, 5.41) is 9.42. The molecule has 15 heavy (non-hydrogen) atoms. The van der Waals surface area contributed by atoms with Gasteiger partial charge in [0.25, 0.3) is 0 Å². The van der Waals surface area contributed by atoms with E-state index in [0.29, 0.717) is 0 Å². The smallest absolute Gasteiger partial charge is 0.309 e. The Balaban J connectivity index is 4.83. The third-order valence-corrected chi connectivity index (χ3v) is 3.87. The summed E-state index contributed by atoms with van der Waals surface area (Å²) < 4.78 is 0. The quantitative estimate of drug-likeness (QED) is 0.693. The van der Waals surface area contributed by atoms with E-state index >= 15 is 0 Å². The number of hydrogen-bond acceptors (Lipinski definition) is 1. The van der Waals surface area contributed by atoms with Crippen LogP contribution in [0.3, 0.4) is 0 Å². The van der Waals surface area contributed by atoms with Gasteiger partial charge in [0.15, 0.2) is 0 Å². The Bertz CT molecular complexity index is 209. The maximum Gasteiger partial charge on any atom is 0.309 e. The zero-order chi connectivity index (χ0) is 12.1. The average Bonchev–Trinajstić information content (AvgIpc) is 2.13. The number of carbonyl (C=O) groups is 1. The second-order valence-corrected chi connectivity index (χ2v) is 5.37. The molecule has 0 aromatic carbocycles. The molecule has 0 aromatic rings. The minimum atomic E-state index is -0.644. The van der Waals surface area contributed by atoms with Crippen LogP contribution in [0.5, 0.6) is 0 Å². The van der Waals surface area contributed by atoms with Crippen molar-refractivity contribution in [2.45, 2.75) is 66.7 Å². The molecule has 0 aromatic heterocycles. The van der Waals surface area contributed by atoms with Crippen LogP contribution in [0, 0.1) is 10.8 Å². The van der Waals surface area contributed by atoms with Crippen molar-refractivity contribution in [3.05, 3.63) is 0 Å². The molecule has 0 rings (SSSR count). The first kappa shape index (κ1) is 14.5. The highest BCUT2D eigenvalue weighted by Gasteiger charge is 2.45. The lowest BCUT2D eigenvalue weighted by molar-refractivity contribution is -0.156. The summed E-state index contributed by atoms with van der Waals surface area (Å²) in [4.78, 5) is 11.4. The van der Waals surface area contributed by atoms with Crippen LogP contribution in [0.4, 0.5) is 0 Å². The van der Waals surface area contributed by atoms with E-state index in [1.54, 1.807) is 0 Å². The maximum absolute atomic E-state index is 11.4. The normalized spacial score (nSPS) is 16.1. The Hall–Kier alpha value is -0.530. The van der Waals surface area contributed by atoms with Crippen molar-refractivity contribution >= 4 is 5.97 Å². The molecule has 1 N–H and O–H groups in total. The van der Waals surface area contributed by atoms with Crippen molar-refractivity contribution in [3.8, 4) is 0 Å². The second-order valence-electron chi connectivity index (χ2n) is 5.37. The average molecular weight is 214 g/mol. The Morgan fingerprint density at radius 3 is 1.93 bits per heavy atom. The SMILES string of the molecule is CCCCC(C)(C(=O)O)C(C)(C)CCC. The van der Waals surface area contributed by atoms with Crippen molar-refractivity contribution in [3.63, 3.8) is 0 Å². The van der Waals surface area contributed by atoms with Gasteiger partial charge in [-0.05, 0) is 25.2 Å². The van der Waals surface area contributed by atoms with Gasteiger partial charge in [0.1, 0.15) is 0 Å². The molecule has 0 bridgehead atoms. The number of carboxylic acids is 1. The monoisotopic (exact) mass is 214 g/mol. The Morgan fingerprint density at radius 1 is 1.07 bits per heavy atom. The minimum absolute atomic E-state index is 0.122. The largest absolute Gasteiger partial charge is 0.481 e. The van der Waals surface area contributed by atoms with E-state index < -0.39 is 11.4 Å². The van der Waals surface area contributed by atoms with E-state index in [9.17, 15) is 9.90 Å². The van der Waals surface area contributed by atoms with E-state index in [-0.39, 0.29) is 5.41 Å². The standard InChI is InChI=1S/C13H26O2/c1-6-8-10-13(5,11(14)15)12(3,4)9-7-2/h6-10H2,1-5H3,(H,14,15). The summed E-state index contributed by atoms with van der Waals surface area (Å²) in [5.41, 5.74) is -0.707. The molecular formula is C13H26O2. The predicted octanol–water partition coefficient (Wildman–Crippen LogP) is 4.09. The van der Waals surface area contributed by atoms with E-state index in [1.165, 1.54) is 0 Å². The molecule has 1 atom stereocenters. The minimum Gasteiger partial charge on any atom is -0.481 e. The van der Waals surface area contributed by atoms with Crippen LogP contribution in [0.25, 0.3) is 0 Å². The van der Waals surface area contributed by atoms with Crippen LogP contribution in [-0.2, 0) is 4.79 Å². The van der Waals surface area contributed by atoms with E-state index in [0.717, 1.165) is 32.1 Å². The lowest BCUT2D eigenvalue weighted by Crippen LogP contribution is -2.42. The third kappa shape index (κ3) is 3.22. The summed E-state index contributed by atoms with van der Waals surface area (Å²) in [7, 11) is 0. The lowest BCUT2D eigenvalue weighted by atomic mass is 9.62. The molecule has 1 unspecified atom stereocenters. The highest BCUT2D eigenvalue weighted by atomic mass is 16.4. The number of unbranched alkanes of at least 4 members (excludes halogenated alkanes) is 1. The fourth-order valence-corrected chi connectivity index (χ4v) is 2.17. The van der Waals surface area contributed by atoms with Crippen molar-refractivity contribution in [2.24, 2.45) is 10.8 Å². The van der Waals surface area contributed by atoms with Gasteiger partial charge in [-0.25, -0.2) is 0 Å². The summed E-state index contributed by atoms with van der Waals surface area (Å²) in [6.07, 6.45) is 4.86. The van der Waals surface area contributed by atoms with Crippen LogP contribution in [0.15, 0.2) is 0 Å². The fraction of sp³-hybridized carbons (Fsp3) is 0.923. The van der Waals surface area contributed by atoms with Crippen molar-refractivity contribution in [2.75, 3.05) is 0 Å². The van der Waals surface area contributed by atoms with Gasteiger partial charge in [0.2, 0.25) is 0 Å². The van der Waals surface area contributed by atoms with E-state index in [1.807, 2.05) is 6.92 Å². The molecular weight excluding hydrogens is 188 g/mol. The lowest BCUT2D eigenvalue weighted by Gasteiger charge is -2.41. The maximum atomic E-state index is 11.4. The third-order valence-electron chi connectivity index (χ3n) is 3.87. The summed E-state index contributed by atoms with van der Waals surface area (Å²) in [5.74, 6) is -0.644. The topological polar surface area (TPSA) is 37.3 Å². The molecule has 90 valence electrons. The molecule has 0 radical (unpaired) electrons. The van der Waals surface area contributed by atoms with Crippen molar-refractivity contribution in [1.29, 1.82) is 0 Å². The summed E-state index contributed by atoms with van der Waals surface area (Å²) in [6, 6.07) is 0. The number of carboxylic acid groups (broad SMARTS) is 1. The van der Waals surface area contributed by atoms with E-state index in [2.05, 4.69) is 27.7 Å². The van der Waals surface area contributed by atoms with Crippen LogP contribution < -0.4 is 0 Å². The Labute approximate surface area is 94.1 Å². The van der Waals surface area contributed by atoms with Gasteiger partial charge in [-0.1, -0.05) is 47.0 Å². The molecule has 0 heterocycles. The van der Waals surface area contributed by atoms with Gasteiger partial charge in [0.05, 0.1) is 5.41 Å². The van der Waals surface area contributed by atoms with Gasteiger partial charge in [0, 0.05) is 0 Å². The molecule has 2 heteroatoms. The van der Waals surface area contributed by atoms with Crippen LogP contribution >= 0.6 is 0 Å². The highest BCUT2D eigenvalue weighted by molar-refractivity contribution is 5.75. The van der Waals surface area contributed by atoms with Crippen molar-refractivity contribution in [1.82, 2.24) is 0 Å². The predicted molar refractivity (Wildman–Crippen MR) is 64.0 cm³/mol. The fourth-order valence-electron chi connectivity index (χ4n) is 2.17.